The zero-order valence-electron chi connectivity index (χ0n) is 10.9. The van der Waals surface area contributed by atoms with Crippen molar-refractivity contribution in [1.29, 1.82) is 5.26 Å². The molecule has 0 amide bonds. The maximum absolute atomic E-state index is 8.95. The number of nitrogens with zero attached hydrogens (tertiary/aromatic N) is 2. The molecule has 1 aromatic carbocycles. The van der Waals surface area contributed by atoms with Crippen molar-refractivity contribution in [2.75, 3.05) is 26.7 Å². The van der Waals surface area contributed by atoms with Crippen molar-refractivity contribution in [2.24, 2.45) is 0 Å². The average molecular weight is 245 g/mol. The first-order valence-corrected chi connectivity index (χ1v) is 6.25. The fourth-order valence-electron chi connectivity index (χ4n) is 2.34. The highest BCUT2D eigenvalue weighted by molar-refractivity contribution is 5.45. The van der Waals surface area contributed by atoms with E-state index in [0.29, 0.717) is 17.4 Å². The van der Waals surface area contributed by atoms with Gasteiger partial charge in [0.15, 0.2) is 0 Å². The normalized spacial score (nSPS) is 20.4. The maximum atomic E-state index is 8.95. The van der Waals surface area contributed by atoms with Gasteiger partial charge < -0.3 is 10.1 Å². The number of piperazine rings is 1. The summed E-state index contributed by atoms with van der Waals surface area (Å²) in [7, 11) is 1.60. The largest absolute Gasteiger partial charge is 0.495 e. The summed E-state index contributed by atoms with van der Waals surface area (Å²) in [6.07, 6.45) is 0. The molecular formula is C14H19N3O. The van der Waals surface area contributed by atoms with E-state index in [9.17, 15) is 0 Å². The van der Waals surface area contributed by atoms with Gasteiger partial charge in [-0.15, -0.1) is 0 Å². The Bertz CT molecular complexity index is 453. The van der Waals surface area contributed by atoms with E-state index in [1.807, 2.05) is 18.2 Å². The number of ether oxygens (including phenoxy) is 1. The second-order valence-electron chi connectivity index (χ2n) is 4.74. The molecule has 4 nitrogen and oxygen atoms in total. The van der Waals surface area contributed by atoms with Crippen LogP contribution < -0.4 is 10.1 Å². The number of hydrogen-bond acceptors (Lipinski definition) is 4. The quantitative estimate of drug-likeness (QED) is 0.873. The lowest BCUT2D eigenvalue weighted by Crippen LogP contribution is -2.48. The van der Waals surface area contributed by atoms with E-state index in [1.165, 1.54) is 5.56 Å². The van der Waals surface area contributed by atoms with Crippen LogP contribution in [0.3, 0.4) is 0 Å². The minimum Gasteiger partial charge on any atom is -0.495 e. The minimum atomic E-state index is 0.541. The van der Waals surface area contributed by atoms with E-state index in [2.05, 4.69) is 23.2 Å². The summed E-state index contributed by atoms with van der Waals surface area (Å²) in [5.41, 5.74) is 1.79. The van der Waals surface area contributed by atoms with Crippen LogP contribution in [0.25, 0.3) is 0 Å². The van der Waals surface area contributed by atoms with E-state index < -0.39 is 0 Å². The number of nitriles is 1. The van der Waals surface area contributed by atoms with Gasteiger partial charge in [-0.3, -0.25) is 4.90 Å². The first-order valence-electron chi connectivity index (χ1n) is 6.25. The Morgan fingerprint density at radius 3 is 3.06 bits per heavy atom. The molecule has 1 aliphatic rings. The molecule has 0 unspecified atom stereocenters. The van der Waals surface area contributed by atoms with Crippen LogP contribution >= 0.6 is 0 Å². The summed E-state index contributed by atoms with van der Waals surface area (Å²) in [6, 6.07) is 8.48. The van der Waals surface area contributed by atoms with Crippen molar-refractivity contribution < 1.29 is 4.74 Å². The first kappa shape index (κ1) is 12.9. The molecular weight excluding hydrogens is 226 g/mol. The molecule has 0 aromatic heterocycles. The Kier molecular flexibility index (Phi) is 4.19. The zero-order valence-corrected chi connectivity index (χ0v) is 10.9. The van der Waals surface area contributed by atoms with Gasteiger partial charge in [-0.2, -0.15) is 5.26 Å². The van der Waals surface area contributed by atoms with Gasteiger partial charge >= 0.3 is 0 Å². The van der Waals surface area contributed by atoms with Crippen LogP contribution in [-0.2, 0) is 6.54 Å². The maximum Gasteiger partial charge on any atom is 0.136 e. The second kappa shape index (κ2) is 5.85. The summed E-state index contributed by atoms with van der Waals surface area (Å²) in [5.74, 6) is 0.665. The van der Waals surface area contributed by atoms with Crippen molar-refractivity contribution in [2.45, 2.75) is 19.5 Å². The van der Waals surface area contributed by atoms with Crippen molar-refractivity contribution in [3.8, 4) is 11.8 Å². The zero-order chi connectivity index (χ0) is 13.0. The summed E-state index contributed by atoms with van der Waals surface area (Å²) < 4.78 is 5.23. The van der Waals surface area contributed by atoms with Gasteiger partial charge in [0.1, 0.15) is 11.8 Å². The van der Waals surface area contributed by atoms with Crippen LogP contribution in [-0.4, -0.2) is 37.7 Å². The molecule has 1 fully saturated rings. The van der Waals surface area contributed by atoms with Crippen LogP contribution in [0.5, 0.6) is 5.75 Å². The van der Waals surface area contributed by atoms with Crippen LogP contribution in [0.2, 0.25) is 0 Å². The van der Waals surface area contributed by atoms with Gasteiger partial charge in [-0.1, -0.05) is 6.07 Å². The molecule has 1 N–H and O–H groups in total. The molecule has 0 radical (unpaired) electrons. The SMILES string of the molecule is COc1cc(CN2CCN[C@H](C)C2)ccc1C#N. The number of rotatable bonds is 3. The minimum absolute atomic E-state index is 0.541. The molecule has 1 aliphatic heterocycles. The molecule has 4 heteroatoms. The molecule has 0 spiro atoms. The highest BCUT2D eigenvalue weighted by atomic mass is 16.5. The summed E-state index contributed by atoms with van der Waals surface area (Å²) in [5, 5.41) is 12.4. The van der Waals surface area contributed by atoms with E-state index in [-0.39, 0.29) is 0 Å². The predicted octanol–water partition coefficient (Wildman–Crippen LogP) is 1.36. The number of nitrogens with one attached hydrogen (secondary N) is 1. The monoisotopic (exact) mass is 245 g/mol. The molecule has 1 aromatic rings. The first-order chi connectivity index (χ1) is 8.72. The van der Waals surface area contributed by atoms with E-state index >= 15 is 0 Å². The Morgan fingerprint density at radius 2 is 2.39 bits per heavy atom. The lowest BCUT2D eigenvalue weighted by atomic mass is 10.1. The molecule has 1 atom stereocenters. The molecule has 18 heavy (non-hydrogen) atoms. The van der Waals surface area contributed by atoms with Gasteiger partial charge in [0.2, 0.25) is 0 Å². The highest BCUT2D eigenvalue weighted by Crippen LogP contribution is 2.20. The predicted molar refractivity (Wildman–Crippen MR) is 70.5 cm³/mol. The Hall–Kier alpha value is -1.57. The third-order valence-electron chi connectivity index (χ3n) is 3.25. The van der Waals surface area contributed by atoms with Crippen molar-refractivity contribution >= 4 is 0 Å². The fourth-order valence-corrected chi connectivity index (χ4v) is 2.34. The number of methoxy groups -OCH3 is 1. The third-order valence-corrected chi connectivity index (χ3v) is 3.25. The average Bonchev–Trinajstić information content (AvgIpc) is 2.38. The Labute approximate surface area is 108 Å². The number of benzene rings is 1. The molecule has 0 aliphatic carbocycles. The van der Waals surface area contributed by atoms with Gasteiger partial charge in [0.25, 0.3) is 0 Å². The molecule has 1 saturated heterocycles. The summed E-state index contributed by atoms with van der Waals surface area (Å²) in [4.78, 5) is 2.42. The third kappa shape index (κ3) is 3.00. The lowest BCUT2D eigenvalue weighted by Gasteiger charge is -2.31. The van der Waals surface area contributed by atoms with Crippen LogP contribution in [0.15, 0.2) is 18.2 Å². The van der Waals surface area contributed by atoms with Crippen molar-refractivity contribution in [1.82, 2.24) is 10.2 Å². The molecule has 0 bridgehead atoms. The lowest BCUT2D eigenvalue weighted by molar-refractivity contribution is 0.199. The second-order valence-corrected chi connectivity index (χ2v) is 4.74. The Morgan fingerprint density at radius 1 is 1.56 bits per heavy atom. The standard InChI is InChI=1S/C14H19N3O/c1-11-9-17(6-5-16-11)10-12-3-4-13(8-15)14(7-12)18-2/h3-4,7,11,16H,5-6,9-10H2,1-2H3/t11-/m1/s1. The van der Waals surface area contributed by atoms with Crippen LogP contribution in [0, 0.1) is 11.3 Å². The van der Waals surface area contributed by atoms with Gasteiger partial charge in [-0.05, 0) is 24.6 Å². The van der Waals surface area contributed by atoms with Gasteiger partial charge in [-0.25, -0.2) is 0 Å². The van der Waals surface area contributed by atoms with Crippen LogP contribution in [0.1, 0.15) is 18.1 Å². The smallest absolute Gasteiger partial charge is 0.136 e. The van der Waals surface area contributed by atoms with Crippen LogP contribution in [0.4, 0.5) is 0 Å². The van der Waals surface area contributed by atoms with E-state index in [1.54, 1.807) is 7.11 Å². The molecule has 1 heterocycles. The summed E-state index contributed by atoms with van der Waals surface area (Å²) in [6.45, 7) is 6.27. The van der Waals surface area contributed by atoms with Gasteiger partial charge in [0, 0.05) is 32.2 Å². The molecule has 2 rings (SSSR count). The topological polar surface area (TPSA) is 48.3 Å². The highest BCUT2D eigenvalue weighted by Gasteiger charge is 2.16. The molecule has 0 saturated carbocycles. The Balaban J connectivity index is 2.07. The fraction of sp³-hybridized carbons (Fsp3) is 0.500. The van der Waals surface area contributed by atoms with E-state index in [4.69, 9.17) is 10.00 Å². The van der Waals surface area contributed by atoms with Crippen molar-refractivity contribution in [3.63, 3.8) is 0 Å². The number of hydrogen-bond donors (Lipinski definition) is 1. The van der Waals surface area contributed by atoms with Gasteiger partial charge in [0.05, 0.1) is 12.7 Å². The molecule has 96 valence electrons. The van der Waals surface area contributed by atoms with Crippen molar-refractivity contribution in [3.05, 3.63) is 29.3 Å². The summed E-state index contributed by atoms with van der Waals surface area (Å²) >= 11 is 0. The van der Waals surface area contributed by atoms with E-state index in [0.717, 1.165) is 26.2 Å².